The third-order valence-electron chi connectivity index (χ3n) is 5.11. The summed E-state index contributed by atoms with van der Waals surface area (Å²) in [4.78, 5) is 24.1. The van der Waals surface area contributed by atoms with Crippen molar-refractivity contribution in [2.24, 2.45) is 5.92 Å². The molecule has 1 aromatic heterocycles. The number of carboxylic acid groups (broad SMARTS) is 1. The van der Waals surface area contributed by atoms with Crippen molar-refractivity contribution in [3.05, 3.63) is 34.7 Å². The van der Waals surface area contributed by atoms with E-state index >= 15 is 0 Å². The first-order chi connectivity index (χ1) is 14.0. The molecule has 2 aromatic rings. The second-order valence-corrected chi connectivity index (χ2v) is 8.25. The summed E-state index contributed by atoms with van der Waals surface area (Å²) in [6.45, 7) is 2.00. The van der Waals surface area contributed by atoms with Gasteiger partial charge in [0.25, 0.3) is 0 Å². The second-order valence-electron chi connectivity index (χ2n) is 7.23. The molecule has 1 aromatic carbocycles. The van der Waals surface area contributed by atoms with Crippen molar-refractivity contribution in [2.75, 3.05) is 20.3 Å². The number of aliphatic carboxylic acids is 1. The molecule has 1 aliphatic carbocycles. The Morgan fingerprint density at radius 1 is 1.17 bits per heavy atom. The number of thiophene rings is 1. The number of esters is 1. The van der Waals surface area contributed by atoms with Gasteiger partial charge >= 0.3 is 11.9 Å². The standard InChI is InChI=1S/C22H26O6S/c1-14-19(28-13-18(23)24)21(22(25)26-2)29-20(14)16-9-6-10-17(11-16)27-12-15-7-4-3-5-8-15/h6,9-11,15H,3-5,7-8,12-13H2,1-2H3,(H,23,24). The van der Waals surface area contributed by atoms with Crippen LogP contribution in [0.4, 0.5) is 0 Å². The zero-order chi connectivity index (χ0) is 20.8. The smallest absolute Gasteiger partial charge is 0.351 e. The van der Waals surface area contributed by atoms with Gasteiger partial charge in [0.15, 0.2) is 11.5 Å². The quantitative estimate of drug-likeness (QED) is 0.612. The van der Waals surface area contributed by atoms with E-state index in [1.807, 2.05) is 31.2 Å². The van der Waals surface area contributed by atoms with Crippen molar-refractivity contribution in [3.63, 3.8) is 0 Å². The monoisotopic (exact) mass is 418 g/mol. The van der Waals surface area contributed by atoms with Gasteiger partial charge in [-0.25, -0.2) is 9.59 Å². The van der Waals surface area contributed by atoms with Crippen molar-refractivity contribution in [3.8, 4) is 21.9 Å². The largest absolute Gasteiger partial charge is 0.493 e. The lowest BCUT2D eigenvalue weighted by Crippen LogP contribution is -2.15. The summed E-state index contributed by atoms with van der Waals surface area (Å²) in [5.41, 5.74) is 1.60. The van der Waals surface area contributed by atoms with E-state index in [2.05, 4.69) is 0 Å². The molecule has 0 spiro atoms. The predicted octanol–water partition coefficient (Wildman–Crippen LogP) is 4.93. The molecule has 0 bridgehead atoms. The Bertz CT molecular complexity index is 866. The van der Waals surface area contributed by atoms with E-state index in [-0.39, 0.29) is 10.6 Å². The lowest BCUT2D eigenvalue weighted by molar-refractivity contribution is -0.139. The lowest BCUT2D eigenvalue weighted by Gasteiger charge is -2.21. The van der Waals surface area contributed by atoms with Crippen LogP contribution in [-0.2, 0) is 9.53 Å². The Kier molecular flexibility index (Phi) is 7.14. The summed E-state index contributed by atoms with van der Waals surface area (Å²) < 4.78 is 16.3. The Morgan fingerprint density at radius 2 is 1.93 bits per heavy atom. The highest BCUT2D eigenvalue weighted by Crippen LogP contribution is 2.42. The van der Waals surface area contributed by atoms with Crippen LogP contribution in [0.5, 0.6) is 11.5 Å². The molecule has 1 N–H and O–H groups in total. The molecule has 0 amide bonds. The highest BCUT2D eigenvalue weighted by Gasteiger charge is 2.24. The van der Waals surface area contributed by atoms with Gasteiger partial charge in [0.1, 0.15) is 11.5 Å². The van der Waals surface area contributed by atoms with Crippen LogP contribution in [0.1, 0.15) is 47.3 Å². The molecule has 0 radical (unpaired) electrons. The first-order valence-electron chi connectivity index (χ1n) is 9.79. The summed E-state index contributed by atoms with van der Waals surface area (Å²) in [7, 11) is 1.29. The Balaban J connectivity index is 1.83. The van der Waals surface area contributed by atoms with E-state index in [0.29, 0.717) is 18.1 Å². The average molecular weight is 419 g/mol. The minimum absolute atomic E-state index is 0.257. The molecule has 6 nitrogen and oxygen atoms in total. The third kappa shape index (κ3) is 5.29. The number of hydrogen-bond donors (Lipinski definition) is 1. The number of carbonyl (C=O) groups is 2. The van der Waals surface area contributed by atoms with Crippen LogP contribution >= 0.6 is 11.3 Å². The van der Waals surface area contributed by atoms with Crippen molar-refractivity contribution in [2.45, 2.75) is 39.0 Å². The van der Waals surface area contributed by atoms with Gasteiger partial charge in [-0.15, -0.1) is 11.3 Å². The van der Waals surface area contributed by atoms with Crippen LogP contribution in [0.25, 0.3) is 10.4 Å². The van der Waals surface area contributed by atoms with Crippen molar-refractivity contribution >= 4 is 23.3 Å². The molecule has 0 atom stereocenters. The van der Waals surface area contributed by atoms with Crippen LogP contribution in [-0.4, -0.2) is 37.4 Å². The molecule has 1 aliphatic rings. The van der Waals surface area contributed by atoms with E-state index in [9.17, 15) is 9.59 Å². The molecule has 3 rings (SSSR count). The first-order valence-corrected chi connectivity index (χ1v) is 10.6. The molecule has 0 saturated heterocycles. The van der Waals surface area contributed by atoms with Crippen LogP contribution < -0.4 is 9.47 Å². The third-order valence-corrected chi connectivity index (χ3v) is 6.41. The molecule has 1 heterocycles. The summed E-state index contributed by atoms with van der Waals surface area (Å²) in [5.74, 6) is -0.000353. The maximum Gasteiger partial charge on any atom is 0.351 e. The topological polar surface area (TPSA) is 82.1 Å². The number of carboxylic acids is 1. The van der Waals surface area contributed by atoms with Gasteiger partial charge in [-0.3, -0.25) is 0 Å². The van der Waals surface area contributed by atoms with Crippen molar-refractivity contribution in [1.29, 1.82) is 0 Å². The van der Waals surface area contributed by atoms with Gasteiger partial charge in [0, 0.05) is 10.4 Å². The Labute approximate surface area is 174 Å². The zero-order valence-electron chi connectivity index (χ0n) is 16.7. The highest BCUT2D eigenvalue weighted by molar-refractivity contribution is 7.18. The number of benzene rings is 1. The minimum atomic E-state index is -1.11. The SMILES string of the molecule is COC(=O)c1sc(-c2cccc(OCC3CCCCC3)c2)c(C)c1OCC(=O)O. The molecule has 0 unspecified atom stereocenters. The van der Waals surface area contributed by atoms with Crippen LogP contribution in [0.15, 0.2) is 24.3 Å². The number of carbonyl (C=O) groups excluding carboxylic acids is 1. The lowest BCUT2D eigenvalue weighted by atomic mass is 9.90. The fourth-order valence-corrected chi connectivity index (χ4v) is 4.77. The molecule has 1 fully saturated rings. The van der Waals surface area contributed by atoms with Crippen LogP contribution in [0.2, 0.25) is 0 Å². The number of hydrogen-bond acceptors (Lipinski definition) is 6. The van der Waals surface area contributed by atoms with E-state index in [1.165, 1.54) is 50.6 Å². The van der Waals surface area contributed by atoms with Crippen LogP contribution in [0, 0.1) is 12.8 Å². The molecular weight excluding hydrogens is 392 g/mol. The first kappa shape index (κ1) is 21.2. The van der Waals surface area contributed by atoms with Gasteiger partial charge in [0.2, 0.25) is 0 Å². The zero-order valence-corrected chi connectivity index (χ0v) is 17.5. The molecule has 0 aliphatic heterocycles. The normalized spacial score (nSPS) is 14.4. The van der Waals surface area contributed by atoms with Crippen molar-refractivity contribution in [1.82, 2.24) is 0 Å². The molecule has 7 heteroatoms. The van der Waals surface area contributed by atoms with E-state index in [0.717, 1.165) is 16.2 Å². The summed E-state index contributed by atoms with van der Waals surface area (Å²) in [6.07, 6.45) is 6.31. The van der Waals surface area contributed by atoms with E-state index < -0.39 is 18.5 Å². The number of methoxy groups -OCH3 is 1. The van der Waals surface area contributed by atoms with Crippen LogP contribution in [0.3, 0.4) is 0 Å². The maximum absolute atomic E-state index is 12.2. The summed E-state index contributed by atoms with van der Waals surface area (Å²) >= 11 is 1.23. The van der Waals surface area contributed by atoms with Crippen molar-refractivity contribution < 1.29 is 28.9 Å². The molecule has 1 saturated carbocycles. The minimum Gasteiger partial charge on any atom is -0.493 e. The van der Waals surface area contributed by atoms with E-state index in [1.54, 1.807) is 0 Å². The summed E-state index contributed by atoms with van der Waals surface area (Å²) in [5, 5.41) is 8.92. The predicted molar refractivity (Wildman–Crippen MR) is 111 cm³/mol. The van der Waals surface area contributed by atoms with Gasteiger partial charge in [-0.05, 0) is 43.4 Å². The number of rotatable bonds is 8. The molecular formula is C22H26O6S. The highest BCUT2D eigenvalue weighted by atomic mass is 32.1. The average Bonchev–Trinajstić information content (AvgIpc) is 3.07. The maximum atomic E-state index is 12.2. The van der Waals surface area contributed by atoms with E-state index in [4.69, 9.17) is 19.3 Å². The fourth-order valence-electron chi connectivity index (χ4n) is 3.60. The van der Waals surface area contributed by atoms with Gasteiger partial charge in [-0.1, -0.05) is 31.4 Å². The number of ether oxygens (including phenoxy) is 3. The van der Waals surface area contributed by atoms with Gasteiger partial charge < -0.3 is 19.3 Å². The van der Waals surface area contributed by atoms with Gasteiger partial charge in [-0.2, -0.15) is 0 Å². The Morgan fingerprint density at radius 3 is 2.62 bits per heavy atom. The summed E-state index contributed by atoms with van der Waals surface area (Å²) in [6, 6.07) is 7.73. The second kappa shape index (κ2) is 9.78. The molecule has 156 valence electrons. The Hall–Kier alpha value is -2.54. The molecule has 29 heavy (non-hydrogen) atoms. The van der Waals surface area contributed by atoms with Gasteiger partial charge in [0.05, 0.1) is 13.7 Å². The fraction of sp³-hybridized carbons (Fsp3) is 0.455.